The van der Waals surface area contributed by atoms with Gasteiger partial charge in [-0.1, -0.05) is 6.92 Å². The molecule has 0 aromatic rings. The van der Waals surface area contributed by atoms with Crippen molar-refractivity contribution in [2.75, 3.05) is 6.54 Å². The number of carbonyl (C=O) groups excluding carboxylic acids is 2. The molecule has 0 aliphatic carbocycles. The first-order chi connectivity index (χ1) is 8.38. The van der Waals surface area contributed by atoms with Crippen molar-refractivity contribution in [1.29, 1.82) is 0 Å². The number of rotatable bonds is 4. The fourth-order valence-corrected chi connectivity index (χ4v) is 2.15. The Morgan fingerprint density at radius 1 is 1.39 bits per heavy atom. The highest BCUT2D eigenvalue weighted by Gasteiger charge is 2.33. The van der Waals surface area contributed by atoms with Gasteiger partial charge in [-0.25, -0.2) is 4.79 Å². The minimum atomic E-state index is -0.509. The quantitative estimate of drug-likeness (QED) is 0.599. The third-order valence-electron chi connectivity index (χ3n) is 2.94. The molecule has 0 saturated heterocycles. The van der Waals surface area contributed by atoms with Gasteiger partial charge in [0, 0.05) is 19.9 Å². The summed E-state index contributed by atoms with van der Waals surface area (Å²) in [4.78, 5) is 25.0. The van der Waals surface area contributed by atoms with Crippen molar-refractivity contribution in [1.82, 2.24) is 0 Å². The van der Waals surface area contributed by atoms with Crippen LogP contribution in [0, 0.1) is 0 Å². The van der Waals surface area contributed by atoms with Gasteiger partial charge in [-0.15, -0.1) is 0 Å². The Balaban J connectivity index is 3.07. The summed E-state index contributed by atoms with van der Waals surface area (Å²) in [6.07, 6.45) is 2.31. The van der Waals surface area contributed by atoms with Crippen LogP contribution in [0.4, 0.5) is 0 Å². The van der Waals surface area contributed by atoms with Crippen LogP contribution < -0.4 is 4.90 Å². The van der Waals surface area contributed by atoms with E-state index in [1.54, 1.807) is 13.8 Å². The molecule has 1 N–H and O–H groups in total. The number of esters is 1. The molecule has 1 aliphatic heterocycles. The SMILES string of the molecule is CCC[NH+]1C(C)=CC(=O)C(C(=O)OC(C)C)=C1C. The van der Waals surface area contributed by atoms with Crippen LogP contribution in [0.5, 0.6) is 0 Å². The Bertz CT molecular complexity index is 419. The van der Waals surface area contributed by atoms with Crippen molar-refractivity contribution in [3.63, 3.8) is 0 Å². The van der Waals surface area contributed by atoms with Gasteiger partial charge in [-0.3, -0.25) is 9.69 Å². The molecule has 1 atom stereocenters. The lowest BCUT2D eigenvalue weighted by molar-refractivity contribution is -0.820. The number of ketones is 1. The van der Waals surface area contributed by atoms with Gasteiger partial charge >= 0.3 is 5.97 Å². The molecule has 0 saturated carbocycles. The van der Waals surface area contributed by atoms with Gasteiger partial charge in [0.05, 0.1) is 12.6 Å². The number of carbonyl (C=O) groups is 2. The topological polar surface area (TPSA) is 47.8 Å². The normalized spacial score (nSPS) is 20.2. The largest absolute Gasteiger partial charge is 0.459 e. The molecule has 1 rings (SSSR count). The number of hydrogen-bond acceptors (Lipinski definition) is 3. The summed E-state index contributed by atoms with van der Waals surface area (Å²) in [5.41, 5.74) is 1.92. The first kappa shape index (κ1) is 14.6. The second-order valence-electron chi connectivity index (χ2n) is 4.87. The molecule has 0 radical (unpaired) electrons. The average Bonchev–Trinajstić information content (AvgIpc) is 2.22. The van der Waals surface area contributed by atoms with Gasteiger partial charge in [-0.2, -0.15) is 0 Å². The van der Waals surface area contributed by atoms with Crippen molar-refractivity contribution in [2.45, 2.75) is 47.1 Å². The number of hydrogen-bond donors (Lipinski definition) is 1. The van der Waals surface area contributed by atoms with Crippen molar-refractivity contribution in [2.24, 2.45) is 0 Å². The van der Waals surface area contributed by atoms with Crippen LogP contribution in [-0.4, -0.2) is 24.4 Å². The third kappa shape index (κ3) is 3.07. The summed E-state index contributed by atoms with van der Waals surface area (Å²) < 4.78 is 5.13. The van der Waals surface area contributed by atoms with E-state index >= 15 is 0 Å². The zero-order chi connectivity index (χ0) is 13.9. The second-order valence-corrected chi connectivity index (χ2v) is 4.87. The Morgan fingerprint density at radius 3 is 2.50 bits per heavy atom. The molecule has 4 nitrogen and oxygen atoms in total. The summed E-state index contributed by atoms with van der Waals surface area (Å²) in [6.45, 7) is 10.3. The van der Waals surface area contributed by atoms with E-state index in [0.29, 0.717) is 0 Å². The van der Waals surface area contributed by atoms with E-state index in [0.717, 1.165) is 29.3 Å². The molecule has 1 aliphatic rings. The lowest BCUT2D eigenvalue weighted by atomic mass is 10.0. The van der Waals surface area contributed by atoms with E-state index in [4.69, 9.17) is 4.74 Å². The number of allylic oxidation sites excluding steroid dienone is 3. The van der Waals surface area contributed by atoms with Crippen molar-refractivity contribution >= 4 is 11.8 Å². The fraction of sp³-hybridized carbons (Fsp3) is 0.571. The molecule has 1 unspecified atom stereocenters. The summed E-state index contributed by atoms with van der Waals surface area (Å²) in [5.74, 6) is -0.750. The maximum absolute atomic E-state index is 11.9. The Morgan fingerprint density at radius 2 is 2.00 bits per heavy atom. The summed E-state index contributed by atoms with van der Waals surface area (Å²) >= 11 is 0. The molecule has 0 fully saturated rings. The van der Waals surface area contributed by atoms with Crippen LogP contribution >= 0.6 is 0 Å². The molecule has 1 heterocycles. The maximum Gasteiger partial charge on any atom is 0.348 e. The van der Waals surface area contributed by atoms with Gasteiger partial charge in [0.1, 0.15) is 11.4 Å². The predicted octanol–water partition coefficient (Wildman–Crippen LogP) is 0.993. The fourth-order valence-electron chi connectivity index (χ4n) is 2.15. The third-order valence-corrected chi connectivity index (χ3v) is 2.94. The molecule has 0 aromatic carbocycles. The van der Waals surface area contributed by atoms with Gasteiger partial charge < -0.3 is 4.74 Å². The van der Waals surface area contributed by atoms with Gasteiger partial charge in [0.15, 0.2) is 5.57 Å². The molecule has 4 heteroatoms. The lowest BCUT2D eigenvalue weighted by Gasteiger charge is -2.24. The van der Waals surface area contributed by atoms with E-state index in [1.807, 2.05) is 13.8 Å². The smallest absolute Gasteiger partial charge is 0.348 e. The highest BCUT2D eigenvalue weighted by Crippen LogP contribution is 2.11. The predicted molar refractivity (Wildman–Crippen MR) is 68.8 cm³/mol. The monoisotopic (exact) mass is 252 g/mol. The standard InChI is InChI=1S/C14H21NO3/c1-6-7-15-10(4)8-12(16)13(11(15)5)14(17)18-9(2)3/h8-9H,6-7H2,1-5H3/p+1. The minimum absolute atomic E-state index is 0.192. The van der Waals surface area contributed by atoms with Crippen LogP contribution in [0.25, 0.3) is 0 Å². The number of quaternary nitrogens is 1. The van der Waals surface area contributed by atoms with Crippen molar-refractivity contribution < 1.29 is 19.2 Å². The van der Waals surface area contributed by atoms with E-state index in [2.05, 4.69) is 6.92 Å². The van der Waals surface area contributed by atoms with Crippen LogP contribution in [0.3, 0.4) is 0 Å². The zero-order valence-electron chi connectivity index (χ0n) is 11.8. The number of ether oxygens (including phenoxy) is 1. The van der Waals surface area contributed by atoms with E-state index in [-0.39, 0.29) is 17.5 Å². The average molecular weight is 252 g/mol. The lowest BCUT2D eigenvalue weighted by Crippen LogP contribution is -3.08. The Kier molecular flexibility index (Phi) is 4.84. The molecular formula is C14H22NO3+. The Labute approximate surface area is 108 Å². The van der Waals surface area contributed by atoms with Gasteiger partial charge in [0.2, 0.25) is 5.78 Å². The minimum Gasteiger partial charge on any atom is -0.459 e. The first-order valence-corrected chi connectivity index (χ1v) is 6.39. The number of nitrogens with one attached hydrogen (secondary N) is 1. The summed E-state index contributed by atoms with van der Waals surface area (Å²) in [7, 11) is 0. The Hall–Kier alpha value is -1.42. The summed E-state index contributed by atoms with van der Waals surface area (Å²) in [5, 5.41) is 0. The molecule has 0 bridgehead atoms. The molecule has 0 aromatic heterocycles. The van der Waals surface area contributed by atoms with E-state index < -0.39 is 5.97 Å². The van der Waals surface area contributed by atoms with Gasteiger partial charge in [0.25, 0.3) is 0 Å². The van der Waals surface area contributed by atoms with E-state index in [9.17, 15) is 9.59 Å². The molecular weight excluding hydrogens is 230 g/mol. The van der Waals surface area contributed by atoms with Crippen LogP contribution in [-0.2, 0) is 14.3 Å². The molecule has 18 heavy (non-hydrogen) atoms. The van der Waals surface area contributed by atoms with Crippen LogP contribution in [0.1, 0.15) is 41.0 Å². The highest BCUT2D eigenvalue weighted by atomic mass is 16.5. The first-order valence-electron chi connectivity index (χ1n) is 6.39. The van der Waals surface area contributed by atoms with E-state index in [1.165, 1.54) is 6.08 Å². The second kappa shape index (κ2) is 5.96. The zero-order valence-corrected chi connectivity index (χ0v) is 11.8. The molecule has 100 valence electrons. The van der Waals surface area contributed by atoms with Crippen molar-refractivity contribution in [3.05, 3.63) is 23.0 Å². The van der Waals surface area contributed by atoms with Crippen LogP contribution in [0.2, 0.25) is 0 Å². The van der Waals surface area contributed by atoms with Crippen LogP contribution in [0.15, 0.2) is 23.0 Å². The van der Waals surface area contributed by atoms with Crippen molar-refractivity contribution in [3.8, 4) is 0 Å². The summed E-state index contributed by atoms with van der Waals surface area (Å²) in [6, 6.07) is 0. The highest BCUT2D eigenvalue weighted by molar-refractivity contribution is 6.22. The van der Waals surface area contributed by atoms with Gasteiger partial charge in [-0.05, 0) is 20.3 Å². The molecule has 0 amide bonds. The maximum atomic E-state index is 11.9. The molecule has 0 spiro atoms.